The molecule has 0 aromatic heterocycles. The molecule has 1 fully saturated rings. The van der Waals surface area contributed by atoms with E-state index in [0.29, 0.717) is 18.9 Å². The molecule has 2 unspecified atom stereocenters. The van der Waals surface area contributed by atoms with Gasteiger partial charge in [-0.1, -0.05) is 12.5 Å². The normalized spacial score (nSPS) is 20.4. The number of nitrogens with two attached hydrogens (primary N) is 1. The first kappa shape index (κ1) is 19.5. The molecule has 6 heteroatoms. The van der Waals surface area contributed by atoms with Gasteiger partial charge in [0.15, 0.2) is 11.5 Å². The second kappa shape index (κ2) is 9.63. The molecule has 0 bridgehead atoms. The number of carbonyl (C=O) groups is 1. The molecule has 0 radical (unpaired) electrons. The predicted molar refractivity (Wildman–Crippen MR) is 98.8 cm³/mol. The second-order valence-corrected chi connectivity index (χ2v) is 6.98. The Kier molecular flexibility index (Phi) is 7.52. The van der Waals surface area contributed by atoms with Crippen molar-refractivity contribution in [3.8, 4) is 11.5 Å². The van der Waals surface area contributed by atoms with Crippen LogP contribution in [0.3, 0.4) is 0 Å². The van der Waals surface area contributed by atoms with Gasteiger partial charge in [-0.25, -0.2) is 0 Å². The lowest BCUT2D eigenvalue weighted by molar-refractivity contribution is -0.126. The van der Waals surface area contributed by atoms with Gasteiger partial charge in [0.1, 0.15) is 6.61 Å². The molecule has 3 N–H and O–H groups in total. The summed E-state index contributed by atoms with van der Waals surface area (Å²) in [5.74, 6) is 1.54. The van der Waals surface area contributed by atoms with E-state index in [-0.39, 0.29) is 17.9 Å². The lowest BCUT2D eigenvalue weighted by Gasteiger charge is -2.25. The third-order valence-electron chi connectivity index (χ3n) is 4.58. The lowest BCUT2D eigenvalue weighted by atomic mass is 9.85. The summed E-state index contributed by atoms with van der Waals surface area (Å²) in [6, 6.07) is 5.92. The predicted octanol–water partition coefficient (Wildman–Crippen LogP) is 1.77. The monoisotopic (exact) mass is 349 g/mol. The molecule has 25 heavy (non-hydrogen) atoms. The van der Waals surface area contributed by atoms with Crippen molar-refractivity contribution in [1.29, 1.82) is 0 Å². The van der Waals surface area contributed by atoms with E-state index in [1.807, 2.05) is 32.3 Å². The van der Waals surface area contributed by atoms with E-state index in [1.54, 1.807) is 7.11 Å². The van der Waals surface area contributed by atoms with Gasteiger partial charge < -0.3 is 25.4 Å². The van der Waals surface area contributed by atoms with Crippen LogP contribution < -0.4 is 20.5 Å². The van der Waals surface area contributed by atoms with E-state index in [1.165, 1.54) is 0 Å². The number of hydrogen-bond acceptors (Lipinski definition) is 5. The molecular formula is C19H31N3O3. The van der Waals surface area contributed by atoms with Crippen molar-refractivity contribution < 1.29 is 14.3 Å². The molecule has 1 aliphatic carbocycles. The Labute approximate surface area is 150 Å². The molecule has 1 aliphatic rings. The zero-order chi connectivity index (χ0) is 18.2. The molecule has 2 rings (SSSR count). The maximum atomic E-state index is 12.3. The van der Waals surface area contributed by atoms with Crippen LogP contribution in [0, 0.1) is 5.92 Å². The Morgan fingerprint density at radius 3 is 2.80 bits per heavy atom. The maximum absolute atomic E-state index is 12.3. The summed E-state index contributed by atoms with van der Waals surface area (Å²) in [7, 11) is 5.64. The van der Waals surface area contributed by atoms with Crippen LogP contribution in [-0.4, -0.2) is 51.2 Å². The van der Waals surface area contributed by atoms with Crippen LogP contribution in [-0.2, 0) is 11.3 Å². The number of methoxy groups -OCH3 is 1. The van der Waals surface area contributed by atoms with Gasteiger partial charge in [0, 0.05) is 25.0 Å². The summed E-state index contributed by atoms with van der Waals surface area (Å²) >= 11 is 0. The van der Waals surface area contributed by atoms with Crippen molar-refractivity contribution in [1.82, 2.24) is 10.2 Å². The first-order valence-corrected chi connectivity index (χ1v) is 8.97. The van der Waals surface area contributed by atoms with Crippen molar-refractivity contribution in [2.75, 3.05) is 34.4 Å². The number of likely N-dealkylation sites (N-methyl/N-ethyl adjacent to an activating group) is 1. The third-order valence-corrected chi connectivity index (χ3v) is 4.58. The summed E-state index contributed by atoms with van der Waals surface area (Å²) in [5, 5.41) is 3.02. The average molecular weight is 349 g/mol. The Bertz CT molecular complexity index is 563. The van der Waals surface area contributed by atoms with Crippen LogP contribution in [0.25, 0.3) is 0 Å². The van der Waals surface area contributed by atoms with E-state index in [0.717, 1.165) is 43.5 Å². The van der Waals surface area contributed by atoms with Gasteiger partial charge in [-0.3, -0.25) is 4.79 Å². The van der Waals surface area contributed by atoms with E-state index >= 15 is 0 Å². The van der Waals surface area contributed by atoms with Gasteiger partial charge in [0.05, 0.1) is 7.11 Å². The van der Waals surface area contributed by atoms with Crippen molar-refractivity contribution in [3.05, 3.63) is 23.8 Å². The molecule has 0 aliphatic heterocycles. The number of nitrogens with one attached hydrogen (secondary N) is 1. The topological polar surface area (TPSA) is 76.8 Å². The molecule has 0 saturated heterocycles. The summed E-state index contributed by atoms with van der Waals surface area (Å²) in [6.07, 6.45) is 3.78. The first-order chi connectivity index (χ1) is 12.0. The van der Waals surface area contributed by atoms with Gasteiger partial charge in [-0.15, -0.1) is 0 Å². The molecule has 0 spiro atoms. The van der Waals surface area contributed by atoms with Crippen LogP contribution in [0.4, 0.5) is 0 Å². The fourth-order valence-corrected chi connectivity index (χ4v) is 3.08. The van der Waals surface area contributed by atoms with Crippen LogP contribution >= 0.6 is 0 Å². The molecule has 6 nitrogen and oxygen atoms in total. The minimum Gasteiger partial charge on any atom is -0.493 e. The summed E-state index contributed by atoms with van der Waals surface area (Å²) in [4.78, 5) is 14.4. The zero-order valence-electron chi connectivity index (χ0n) is 15.6. The zero-order valence-corrected chi connectivity index (χ0v) is 15.6. The smallest absolute Gasteiger partial charge is 0.223 e. The standard InChI is InChI=1S/C19H31N3O3/c1-22(2)9-10-25-17-8-7-14(11-18(17)24-3)13-21-19(23)15-5-4-6-16(20)12-15/h7-8,11,15-16H,4-6,9-10,12-13,20H2,1-3H3,(H,21,23). The van der Waals surface area contributed by atoms with Crippen molar-refractivity contribution >= 4 is 5.91 Å². The largest absolute Gasteiger partial charge is 0.493 e. The number of ether oxygens (including phenoxy) is 2. The van der Waals surface area contributed by atoms with E-state index in [2.05, 4.69) is 10.2 Å². The molecule has 0 heterocycles. The van der Waals surface area contributed by atoms with Crippen LogP contribution in [0.15, 0.2) is 18.2 Å². The highest BCUT2D eigenvalue weighted by Gasteiger charge is 2.25. The molecule has 1 saturated carbocycles. The van der Waals surface area contributed by atoms with Gasteiger partial charge >= 0.3 is 0 Å². The number of hydrogen-bond donors (Lipinski definition) is 2. The Morgan fingerprint density at radius 2 is 2.12 bits per heavy atom. The van der Waals surface area contributed by atoms with Gasteiger partial charge in [0.2, 0.25) is 5.91 Å². The van der Waals surface area contributed by atoms with E-state index < -0.39 is 0 Å². The number of carbonyl (C=O) groups excluding carboxylic acids is 1. The molecule has 1 aromatic carbocycles. The van der Waals surface area contributed by atoms with Crippen LogP contribution in [0.5, 0.6) is 11.5 Å². The summed E-state index contributed by atoms with van der Waals surface area (Å²) in [5.41, 5.74) is 6.96. The average Bonchev–Trinajstić information content (AvgIpc) is 2.60. The first-order valence-electron chi connectivity index (χ1n) is 8.97. The minimum atomic E-state index is 0.0410. The number of nitrogens with zero attached hydrogens (tertiary/aromatic N) is 1. The molecule has 140 valence electrons. The Balaban J connectivity index is 1.88. The van der Waals surface area contributed by atoms with E-state index in [9.17, 15) is 4.79 Å². The number of rotatable bonds is 8. The van der Waals surface area contributed by atoms with E-state index in [4.69, 9.17) is 15.2 Å². The second-order valence-electron chi connectivity index (χ2n) is 6.98. The minimum absolute atomic E-state index is 0.0410. The summed E-state index contributed by atoms with van der Waals surface area (Å²) in [6.45, 7) is 1.92. The number of amides is 1. The van der Waals surface area contributed by atoms with Crippen LogP contribution in [0.2, 0.25) is 0 Å². The highest BCUT2D eigenvalue weighted by atomic mass is 16.5. The quantitative estimate of drug-likeness (QED) is 0.748. The van der Waals surface area contributed by atoms with Gasteiger partial charge in [0.25, 0.3) is 0 Å². The van der Waals surface area contributed by atoms with Crippen molar-refractivity contribution in [3.63, 3.8) is 0 Å². The van der Waals surface area contributed by atoms with Crippen molar-refractivity contribution in [2.45, 2.75) is 38.3 Å². The molecule has 1 aromatic rings. The molecule has 1 amide bonds. The Hall–Kier alpha value is -1.79. The third kappa shape index (κ3) is 6.21. The molecule has 2 atom stereocenters. The fourth-order valence-electron chi connectivity index (χ4n) is 3.08. The highest BCUT2D eigenvalue weighted by Crippen LogP contribution is 2.28. The summed E-state index contributed by atoms with van der Waals surface area (Å²) < 4.78 is 11.2. The highest BCUT2D eigenvalue weighted by molar-refractivity contribution is 5.78. The van der Waals surface area contributed by atoms with Gasteiger partial charge in [-0.2, -0.15) is 0 Å². The SMILES string of the molecule is COc1cc(CNC(=O)C2CCCC(N)C2)ccc1OCCN(C)C. The maximum Gasteiger partial charge on any atom is 0.223 e. The van der Waals surface area contributed by atoms with Crippen molar-refractivity contribution in [2.24, 2.45) is 11.7 Å². The fraction of sp³-hybridized carbons (Fsp3) is 0.632. The van der Waals surface area contributed by atoms with Crippen LogP contribution in [0.1, 0.15) is 31.2 Å². The van der Waals surface area contributed by atoms with Gasteiger partial charge in [-0.05, 0) is 51.1 Å². The molecular weight excluding hydrogens is 318 g/mol. The lowest BCUT2D eigenvalue weighted by Crippen LogP contribution is -2.37. The Morgan fingerprint density at radius 1 is 1.32 bits per heavy atom. The number of benzene rings is 1.